The molecule has 1 fully saturated rings. The number of para-hydroxylation sites is 1. The standard InChI is InChI=1S/C24H28N6O2/c31-14-15-32-21-5-3-4-19(16-21)17-28-11-8-20(9-12-28)24-25-10-13-29(24)18-30-23-7-2-1-6-22(23)26-27-30/h1-7,10,13,16,20,31H,8-9,11-12,14-15,17-18H2. The van der Waals surface area contributed by atoms with Gasteiger partial charge < -0.3 is 14.4 Å². The second kappa shape index (κ2) is 9.50. The summed E-state index contributed by atoms with van der Waals surface area (Å²) in [5.41, 5.74) is 3.18. The number of hydrogen-bond donors (Lipinski definition) is 1. The molecule has 0 unspecified atom stereocenters. The molecule has 0 amide bonds. The molecule has 1 N–H and O–H groups in total. The Balaban J connectivity index is 1.21. The Hall–Kier alpha value is -3.23. The fourth-order valence-corrected chi connectivity index (χ4v) is 4.47. The van der Waals surface area contributed by atoms with Gasteiger partial charge in [0.15, 0.2) is 0 Å². The normalized spacial score (nSPS) is 15.4. The molecular formula is C24H28N6O2. The van der Waals surface area contributed by atoms with Crippen LogP contribution in [0.2, 0.25) is 0 Å². The molecule has 1 saturated heterocycles. The van der Waals surface area contributed by atoms with Gasteiger partial charge in [-0.1, -0.05) is 29.5 Å². The summed E-state index contributed by atoms with van der Waals surface area (Å²) in [4.78, 5) is 7.18. The number of aliphatic hydroxyl groups is 1. The third-order valence-corrected chi connectivity index (χ3v) is 6.07. The van der Waals surface area contributed by atoms with Crippen LogP contribution in [0, 0.1) is 0 Å². The minimum atomic E-state index is 0.0284. The van der Waals surface area contributed by atoms with E-state index in [0.717, 1.165) is 55.1 Å². The van der Waals surface area contributed by atoms with Gasteiger partial charge in [0.05, 0.1) is 12.1 Å². The lowest BCUT2D eigenvalue weighted by Crippen LogP contribution is -2.33. The van der Waals surface area contributed by atoms with Gasteiger partial charge in [-0.3, -0.25) is 4.90 Å². The van der Waals surface area contributed by atoms with Crippen LogP contribution in [0.15, 0.2) is 60.9 Å². The van der Waals surface area contributed by atoms with Crippen LogP contribution in [0.4, 0.5) is 0 Å². The van der Waals surface area contributed by atoms with Crippen molar-refractivity contribution in [2.24, 2.45) is 0 Å². The molecule has 0 spiro atoms. The van der Waals surface area contributed by atoms with Crippen molar-refractivity contribution in [3.63, 3.8) is 0 Å². The number of fused-ring (bicyclic) bond motifs is 1. The molecule has 32 heavy (non-hydrogen) atoms. The first kappa shape index (κ1) is 20.7. The smallest absolute Gasteiger partial charge is 0.119 e. The topological polar surface area (TPSA) is 81.2 Å². The molecule has 5 rings (SSSR count). The van der Waals surface area contributed by atoms with Crippen LogP contribution in [0.1, 0.15) is 30.1 Å². The molecule has 0 aliphatic carbocycles. The Morgan fingerprint density at radius 1 is 1.06 bits per heavy atom. The zero-order valence-corrected chi connectivity index (χ0v) is 18.0. The number of aromatic nitrogens is 5. The second-order valence-corrected chi connectivity index (χ2v) is 8.24. The number of nitrogens with zero attached hydrogens (tertiary/aromatic N) is 6. The summed E-state index contributed by atoms with van der Waals surface area (Å²) in [6.07, 6.45) is 6.08. The fraction of sp³-hybridized carbons (Fsp3) is 0.375. The van der Waals surface area contributed by atoms with Gasteiger partial charge in [0.25, 0.3) is 0 Å². The number of imidazole rings is 1. The van der Waals surface area contributed by atoms with Crippen LogP contribution in [0.5, 0.6) is 5.75 Å². The summed E-state index contributed by atoms with van der Waals surface area (Å²) >= 11 is 0. The number of aliphatic hydroxyl groups excluding tert-OH is 1. The van der Waals surface area contributed by atoms with Crippen molar-refractivity contribution < 1.29 is 9.84 Å². The molecular weight excluding hydrogens is 404 g/mol. The fourth-order valence-electron chi connectivity index (χ4n) is 4.47. The Labute approximate surface area is 187 Å². The molecule has 0 radical (unpaired) electrons. The van der Waals surface area contributed by atoms with Crippen LogP contribution in [-0.2, 0) is 13.2 Å². The molecule has 0 atom stereocenters. The highest BCUT2D eigenvalue weighted by atomic mass is 16.5. The van der Waals surface area contributed by atoms with E-state index in [0.29, 0.717) is 19.2 Å². The van der Waals surface area contributed by atoms with Crippen molar-refractivity contribution in [3.8, 4) is 5.75 Å². The summed E-state index contributed by atoms with van der Waals surface area (Å²) < 4.78 is 9.67. The molecule has 0 bridgehead atoms. The van der Waals surface area contributed by atoms with Gasteiger partial charge in [0.2, 0.25) is 0 Å². The summed E-state index contributed by atoms with van der Waals surface area (Å²) in [5.74, 6) is 2.38. The summed E-state index contributed by atoms with van der Waals surface area (Å²) in [7, 11) is 0. The number of hydrogen-bond acceptors (Lipinski definition) is 6. The predicted octanol–water partition coefficient (Wildman–Crippen LogP) is 2.88. The van der Waals surface area contributed by atoms with E-state index in [-0.39, 0.29) is 6.61 Å². The zero-order chi connectivity index (χ0) is 21.8. The van der Waals surface area contributed by atoms with Gasteiger partial charge in [-0.05, 0) is 55.8 Å². The SMILES string of the molecule is OCCOc1cccc(CN2CCC(c3nccn3Cn3nnc4ccccc43)CC2)c1. The molecule has 1 aliphatic rings. The van der Waals surface area contributed by atoms with E-state index in [2.05, 4.69) is 31.9 Å². The Bertz CT molecular complexity index is 1160. The predicted molar refractivity (Wildman–Crippen MR) is 121 cm³/mol. The molecule has 166 valence electrons. The first-order valence-corrected chi connectivity index (χ1v) is 11.1. The average molecular weight is 433 g/mol. The lowest BCUT2D eigenvalue weighted by Gasteiger charge is -2.32. The van der Waals surface area contributed by atoms with Crippen LogP contribution >= 0.6 is 0 Å². The number of rotatable bonds is 8. The molecule has 2 aromatic carbocycles. The van der Waals surface area contributed by atoms with Crippen molar-refractivity contribution in [3.05, 3.63) is 72.3 Å². The molecule has 0 saturated carbocycles. The first-order valence-electron chi connectivity index (χ1n) is 11.1. The average Bonchev–Trinajstić information content (AvgIpc) is 3.46. The Morgan fingerprint density at radius 3 is 2.81 bits per heavy atom. The number of likely N-dealkylation sites (tertiary alicyclic amines) is 1. The minimum absolute atomic E-state index is 0.0284. The highest BCUT2D eigenvalue weighted by Crippen LogP contribution is 2.28. The van der Waals surface area contributed by atoms with Gasteiger partial charge in [0.1, 0.15) is 30.4 Å². The van der Waals surface area contributed by atoms with Gasteiger partial charge in [-0.15, -0.1) is 5.10 Å². The van der Waals surface area contributed by atoms with E-state index in [4.69, 9.17) is 14.8 Å². The maximum Gasteiger partial charge on any atom is 0.119 e. The van der Waals surface area contributed by atoms with E-state index in [1.54, 1.807) is 0 Å². The molecule has 8 heteroatoms. The molecule has 1 aliphatic heterocycles. The van der Waals surface area contributed by atoms with Crippen molar-refractivity contribution in [2.75, 3.05) is 26.3 Å². The molecule has 4 aromatic rings. The summed E-state index contributed by atoms with van der Waals surface area (Å²) in [6.45, 7) is 3.95. The second-order valence-electron chi connectivity index (χ2n) is 8.24. The Morgan fingerprint density at radius 2 is 1.94 bits per heavy atom. The van der Waals surface area contributed by atoms with Crippen LogP contribution < -0.4 is 4.74 Å². The van der Waals surface area contributed by atoms with Crippen LogP contribution in [0.25, 0.3) is 11.0 Å². The third kappa shape index (κ3) is 4.51. The molecule has 3 heterocycles. The van der Waals surface area contributed by atoms with Gasteiger partial charge >= 0.3 is 0 Å². The summed E-state index contributed by atoms with van der Waals surface area (Å²) in [6, 6.07) is 16.2. The number of benzene rings is 2. The van der Waals surface area contributed by atoms with Gasteiger partial charge in [-0.25, -0.2) is 9.67 Å². The van der Waals surface area contributed by atoms with Gasteiger partial charge in [-0.2, -0.15) is 0 Å². The maximum atomic E-state index is 8.95. The Kier molecular flexibility index (Phi) is 6.13. The number of ether oxygens (including phenoxy) is 1. The minimum Gasteiger partial charge on any atom is -0.491 e. The lowest BCUT2D eigenvalue weighted by atomic mass is 9.95. The monoisotopic (exact) mass is 432 g/mol. The van der Waals surface area contributed by atoms with Crippen molar-refractivity contribution in [2.45, 2.75) is 32.0 Å². The number of piperidine rings is 1. The van der Waals surface area contributed by atoms with Crippen molar-refractivity contribution >= 4 is 11.0 Å². The van der Waals surface area contributed by atoms with E-state index < -0.39 is 0 Å². The van der Waals surface area contributed by atoms with Crippen LogP contribution in [0.3, 0.4) is 0 Å². The lowest BCUT2D eigenvalue weighted by molar-refractivity contribution is 0.196. The largest absolute Gasteiger partial charge is 0.491 e. The zero-order valence-electron chi connectivity index (χ0n) is 18.0. The summed E-state index contributed by atoms with van der Waals surface area (Å²) in [5, 5.41) is 17.5. The van der Waals surface area contributed by atoms with Gasteiger partial charge in [0, 0.05) is 24.9 Å². The highest BCUT2D eigenvalue weighted by molar-refractivity contribution is 5.73. The highest BCUT2D eigenvalue weighted by Gasteiger charge is 2.24. The molecule has 8 nitrogen and oxygen atoms in total. The van der Waals surface area contributed by atoms with Crippen molar-refractivity contribution in [1.29, 1.82) is 0 Å². The van der Waals surface area contributed by atoms with E-state index in [1.165, 1.54) is 5.56 Å². The van der Waals surface area contributed by atoms with E-state index in [9.17, 15) is 0 Å². The third-order valence-electron chi connectivity index (χ3n) is 6.07. The van der Waals surface area contributed by atoms with Crippen molar-refractivity contribution in [1.82, 2.24) is 29.4 Å². The quantitative estimate of drug-likeness (QED) is 0.461. The first-order chi connectivity index (χ1) is 15.8. The maximum absolute atomic E-state index is 8.95. The van der Waals surface area contributed by atoms with E-state index >= 15 is 0 Å². The van der Waals surface area contributed by atoms with Crippen LogP contribution in [-0.4, -0.2) is 60.9 Å². The van der Waals surface area contributed by atoms with E-state index in [1.807, 2.05) is 53.5 Å². The molecule has 2 aromatic heterocycles.